The summed E-state index contributed by atoms with van der Waals surface area (Å²) < 4.78 is 6.29. The zero-order valence-electron chi connectivity index (χ0n) is 10.8. The number of nitrogens with one attached hydrogen (secondary N) is 1. The fraction of sp³-hybridized carbons (Fsp3) is 0.357. The molecule has 0 radical (unpaired) electrons. The lowest BCUT2D eigenvalue weighted by atomic mass is 10.1. The maximum atomic E-state index is 5.22. The molecule has 3 nitrogen and oxygen atoms in total. The van der Waals surface area contributed by atoms with Gasteiger partial charge in [-0.15, -0.1) is 0 Å². The molecule has 0 amide bonds. The van der Waals surface area contributed by atoms with Crippen molar-refractivity contribution in [3.05, 3.63) is 34.9 Å². The topological polar surface area (TPSA) is 34.1 Å². The molecule has 0 aliphatic rings. The van der Waals surface area contributed by atoms with Crippen molar-refractivity contribution in [2.45, 2.75) is 19.4 Å². The number of methoxy groups -OCH3 is 1. The van der Waals surface area contributed by atoms with Gasteiger partial charge in [0.15, 0.2) is 0 Å². The van der Waals surface area contributed by atoms with E-state index in [2.05, 4.69) is 46.1 Å². The maximum absolute atomic E-state index is 5.22. The molecule has 0 aliphatic carbocycles. The second-order valence-corrected chi connectivity index (χ2v) is 5.79. The average Bonchev–Trinajstić information content (AvgIpc) is 2.30. The van der Waals surface area contributed by atoms with Gasteiger partial charge < -0.3 is 10.1 Å². The van der Waals surface area contributed by atoms with E-state index in [9.17, 15) is 0 Å². The van der Waals surface area contributed by atoms with Gasteiger partial charge in [-0.3, -0.25) is 0 Å². The quantitative estimate of drug-likeness (QED) is 0.932. The highest BCUT2D eigenvalue weighted by Crippen LogP contribution is 2.29. The van der Waals surface area contributed by atoms with Gasteiger partial charge in [0, 0.05) is 28.6 Å². The number of halogens is 1. The number of rotatable bonds is 4. The third-order valence-electron chi connectivity index (χ3n) is 2.71. The van der Waals surface area contributed by atoms with Gasteiger partial charge in [-0.1, -0.05) is 28.1 Å². The Balaban J connectivity index is 2.43. The van der Waals surface area contributed by atoms with Crippen LogP contribution in [0.25, 0.3) is 10.8 Å². The molecular weight excluding hydrogens is 292 g/mol. The summed E-state index contributed by atoms with van der Waals surface area (Å²) in [5.74, 6) is 0.885. The molecule has 0 fully saturated rings. The molecule has 1 heterocycles. The molecule has 0 spiro atoms. The first kappa shape index (κ1) is 13.3. The van der Waals surface area contributed by atoms with Gasteiger partial charge in [-0.25, -0.2) is 4.98 Å². The van der Waals surface area contributed by atoms with E-state index in [1.807, 2.05) is 24.4 Å². The highest BCUT2D eigenvalue weighted by molar-refractivity contribution is 9.10. The number of aromatic nitrogens is 1. The first-order chi connectivity index (χ1) is 8.53. The SMILES string of the molecule is COCC(C)(C)Nc1nccc2c(Br)cccc12. The van der Waals surface area contributed by atoms with E-state index in [0.29, 0.717) is 6.61 Å². The lowest BCUT2D eigenvalue weighted by Crippen LogP contribution is -2.36. The van der Waals surface area contributed by atoms with E-state index >= 15 is 0 Å². The summed E-state index contributed by atoms with van der Waals surface area (Å²) in [7, 11) is 1.70. The molecule has 0 unspecified atom stereocenters. The van der Waals surface area contributed by atoms with Crippen molar-refractivity contribution in [3.8, 4) is 0 Å². The Morgan fingerprint density at radius 2 is 2.06 bits per heavy atom. The number of anilines is 1. The normalized spacial score (nSPS) is 11.8. The minimum Gasteiger partial charge on any atom is -0.382 e. The number of hydrogen-bond donors (Lipinski definition) is 1. The second-order valence-electron chi connectivity index (χ2n) is 4.94. The Morgan fingerprint density at radius 1 is 1.28 bits per heavy atom. The third-order valence-corrected chi connectivity index (χ3v) is 3.41. The Bertz CT molecular complexity index is 554. The highest BCUT2D eigenvalue weighted by atomic mass is 79.9. The first-order valence-electron chi connectivity index (χ1n) is 5.84. The number of ether oxygens (including phenoxy) is 1. The average molecular weight is 309 g/mol. The zero-order valence-corrected chi connectivity index (χ0v) is 12.4. The van der Waals surface area contributed by atoms with E-state index in [0.717, 1.165) is 21.1 Å². The monoisotopic (exact) mass is 308 g/mol. The van der Waals surface area contributed by atoms with Crippen molar-refractivity contribution in [2.75, 3.05) is 19.0 Å². The molecule has 2 rings (SSSR count). The molecule has 4 heteroatoms. The molecule has 1 aromatic carbocycles. The summed E-state index contributed by atoms with van der Waals surface area (Å²) in [4.78, 5) is 4.43. The van der Waals surface area contributed by atoms with Crippen LogP contribution in [0, 0.1) is 0 Å². The van der Waals surface area contributed by atoms with Crippen molar-refractivity contribution in [1.29, 1.82) is 0 Å². The molecule has 18 heavy (non-hydrogen) atoms. The van der Waals surface area contributed by atoms with Gasteiger partial charge in [-0.2, -0.15) is 0 Å². The van der Waals surface area contributed by atoms with Crippen molar-refractivity contribution in [3.63, 3.8) is 0 Å². The Kier molecular flexibility index (Phi) is 3.88. The number of nitrogens with zero attached hydrogens (tertiary/aromatic N) is 1. The minimum absolute atomic E-state index is 0.154. The van der Waals surface area contributed by atoms with Gasteiger partial charge in [0.05, 0.1) is 12.1 Å². The van der Waals surface area contributed by atoms with Crippen LogP contribution in [0.2, 0.25) is 0 Å². The smallest absolute Gasteiger partial charge is 0.134 e. The maximum Gasteiger partial charge on any atom is 0.134 e. The van der Waals surface area contributed by atoms with E-state index in [4.69, 9.17) is 4.74 Å². The van der Waals surface area contributed by atoms with Crippen LogP contribution in [0.1, 0.15) is 13.8 Å². The highest BCUT2D eigenvalue weighted by Gasteiger charge is 2.18. The Morgan fingerprint density at radius 3 is 2.78 bits per heavy atom. The molecular formula is C14H17BrN2O. The van der Waals surface area contributed by atoms with Crippen molar-refractivity contribution < 1.29 is 4.74 Å². The third kappa shape index (κ3) is 2.82. The van der Waals surface area contributed by atoms with Crippen LogP contribution < -0.4 is 5.32 Å². The van der Waals surface area contributed by atoms with Gasteiger partial charge in [0.25, 0.3) is 0 Å². The Hall–Kier alpha value is -1.13. The number of hydrogen-bond acceptors (Lipinski definition) is 3. The summed E-state index contributed by atoms with van der Waals surface area (Å²) in [5, 5.41) is 5.70. The summed E-state index contributed by atoms with van der Waals surface area (Å²) in [6.45, 7) is 4.81. The van der Waals surface area contributed by atoms with E-state index < -0.39 is 0 Å². The van der Waals surface area contributed by atoms with E-state index in [1.165, 1.54) is 0 Å². The van der Waals surface area contributed by atoms with Gasteiger partial charge >= 0.3 is 0 Å². The van der Waals surface area contributed by atoms with Crippen LogP contribution in [-0.4, -0.2) is 24.2 Å². The number of benzene rings is 1. The summed E-state index contributed by atoms with van der Waals surface area (Å²) in [5.41, 5.74) is -0.154. The van der Waals surface area contributed by atoms with Crippen LogP contribution in [0.3, 0.4) is 0 Å². The molecule has 2 aromatic rings. The van der Waals surface area contributed by atoms with E-state index in [-0.39, 0.29) is 5.54 Å². The fourth-order valence-electron chi connectivity index (χ4n) is 1.99. The second kappa shape index (κ2) is 5.24. The zero-order chi connectivity index (χ0) is 13.2. The molecule has 96 valence electrons. The van der Waals surface area contributed by atoms with Crippen LogP contribution in [0.15, 0.2) is 34.9 Å². The van der Waals surface area contributed by atoms with Crippen molar-refractivity contribution in [2.24, 2.45) is 0 Å². The Labute approximate surface area is 116 Å². The largest absolute Gasteiger partial charge is 0.382 e. The lowest BCUT2D eigenvalue weighted by molar-refractivity contribution is 0.158. The van der Waals surface area contributed by atoms with Crippen molar-refractivity contribution >= 4 is 32.5 Å². The predicted molar refractivity (Wildman–Crippen MR) is 79.0 cm³/mol. The van der Waals surface area contributed by atoms with Crippen LogP contribution in [-0.2, 0) is 4.74 Å². The van der Waals surface area contributed by atoms with Crippen LogP contribution in [0.5, 0.6) is 0 Å². The number of fused-ring (bicyclic) bond motifs is 1. The molecule has 1 aromatic heterocycles. The predicted octanol–water partition coefficient (Wildman–Crippen LogP) is 3.83. The van der Waals surface area contributed by atoms with E-state index in [1.54, 1.807) is 7.11 Å². The van der Waals surface area contributed by atoms with Crippen molar-refractivity contribution in [1.82, 2.24) is 4.98 Å². The van der Waals surface area contributed by atoms with Gasteiger partial charge in [-0.05, 0) is 26.0 Å². The minimum atomic E-state index is -0.154. The van der Waals surface area contributed by atoms with Gasteiger partial charge in [0.2, 0.25) is 0 Å². The van der Waals surface area contributed by atoms with Crippen LogP contribution >= 0.6 is 15.9 Å². The van der Waals surface area contributed by atoms with Gasteiger partial charge in [0.1, 0.15) is 5.82 Å². The molecule has 0 saturated heterocycles. The molecule has 1 N–H and O–H groups in total. The fourth-order valence-corrected chi connectivity index (χ4v) is 2.48. The summed E-state index contributed by atoms with van der Waals surface area (Å²) in [6.07, 6.45) is 1.82. The molecule has 0 aliphatic heterocycles. The molecule has 0 saturated carbocycles. The molecule has 0 bridgehead atoms. The number of pyridine rings is 1. The summed E-state index contributed by atoms with van der Waals surface area (Å²) >= 11 is 3.56. The van der Waals surface area contributed by atoms with Crippen LogP contribution in [0.4, 0.5) is 5.82 Å². The summed E-state index contributed by atoms with van der Waals surface area (Å²) in [6, 6.07) is 8.13. The lowest BCUT2D eigenvalue weighted by Gasteiger charge is -2.26. The molecule has 0 atom stereocenters. The first-order valence-corrected chi connectivity index (χ1v) is 6.63. The standard InChI is InChI=1S/C14H17BrN2O/c1-14(2,9-18-3)17-13-11-5-4-6-12(15)10(11)7-8-16-13/h4-8H,9H2,1-3H3,(H,16,17).